The lowest BCUT2D eigenvalue weighted by atomic mass is 9.91. The number of β-amino-alcohol motifs (C(OH)–C–C–N with tert-alkyl or cyclic N) is 1. The molecule has 3 aromatic heterocycles. The number of nitrogens with zero attached hydrogens (tertiary/aromatic N) is 8. The normalized spacial score (nSPS) is 18.5. The van der Waals surface area contributed by atoms with Crippen LogP contribution in [0.1, 0.15) is 75.9 Å². The Labute approximate surface area is 467 Å². The van der Waals surface area contributed by atoms with E-state index in [0.29, 0.717) is 67.2 Å². The minimum Gasteiger partial charge on any atom is -0.508 e. The molecule has 79 heavy (non-hydrogen) atoms. The summed E-state index contributed by atoms with van der Waals surface area (Å²) < 4.78 is 35.6. The van der Waals surface area contributed by atoms with Crippen molar-refractivity contribution in [2.24, 2.45) is 11.8 Å². The SMILES string of the molecule is C=CC(=O)N1CCN(c2nc(O[C@H](C)CN3CCC(COc4cc([C@H](C(=O)N5C[C@H](O)C[C@H]5C(=O)N[C@@H](C)c5ccc(-c6scnc6C)cc5)C(C)C)on4)CC3)nc3c(F)c(-c4cc(O)cc5ccccc45)c(Cl)cc23)CC1. The van der Waals surface area contributed by atoms with Gasteiger partial charge in [-0.1, -0.05) is 80.6 Å². The van der Waals surface area contributed by atoms with Crippen LogP contribution in [0.5, 0.6) is 17.6 Å². The average Bonchev–Trinajstić information content (AvgIpc) is 4.36. The Hall–Kier alpha value is -7.19. The van der Waals surface area contributed by atoms with Crippen LogP contribution in [-0.4, -0.2) is 140 Å². The van der Waals surface area contributed by atoms with E-state index in [9.17, 15) is 24.6 Å². The van der Waals surface area contributed by atoms with Crippen LogP contribution in [0.15, 0.2) is 95.5 Å². The Morgan fingerprint density at radius 1 is 0.975 bits per heavy atom. The van der Waals surface area contributed by atoms with Gasteiger partial charge in [-0.2, -0.15) is 9.97 Å². The fraction of sp³-hybridized carbons (Fsp3) is 0.407. The lowest BCUT2D eigenvalue weighted by molar-refractivity contribution is -0.141. The number of carbonyl (C=O) groups is 3. The first-order valence-electron chi connectivity index (χ1n) is 26.9. The number of rotatable bonds is 17. The van der Waals surface area contributed by atoms with Gasteiger partial charge in [0.25, 0.3) is 5.88 Å². The molecule has 0 unspecified atom stereocenters. The molecule has 3 saturated heterocycles. The van der Waals surface area contributed by atoms with Gasteiger partial charge in [0.1, 0.15) is 35.1 Å². The number of carbonyl (C=O) groups excluding carboxylic acids is 3. The maximum atomic E-state index is 17.2. The molecule has 6 heterocycles. The highest BCUT2D eigenvalue weighted by molar-refractivity contribution is 7.13. The van der Waals surface area contributed by atoms with Crippen molar-refractivity contribution in [3.05, 3.63) is 119 Å². The molecular weight excluding hydrogens is 1050 g/mol. The van der Waals surface area contributed by atoms with E-state index < -0.39 is 30.0 Å². The predicted octanol–water partition coefficient (Wildman–Crippen LogP) is 9.34. The Morgan fingerprint density at radius 3 is 2.43 bits per heavy atom. The third-order valence-electron chi connectivity index (χ3n) is 15.4. The molecule has 10 rings (SSSR count). The molecule has 0 saturated carbocycles. The molecule has 414 valence electrons. The zero-order valence-corrected chi connectivity index (χ0v) is 46.5. The zero-order chi connectivity index (χ0) is 55.6. The molecule has 0 aliphatic carbocycles. The van der Waals surface area contributed by atoms with Gasteiger partial charge < -0.3 is 44.2 Å². The highest BCUT2D eigenvalue weighted by Crippen LogP contribution is 2.43. The van der Waals surface area contributed by atoms with Crippen LogP contribution in [0, 0.1) is 24.6 Å². The van der Waals surface area contributed by atoms with Crippen LogP contribution >= 0.6 is 22.9 Å². The first kappa shape index (κ1) is 55.1. The average molecular weight is 1110 g/mol. The number of benzene rings is 4. The Bertz CT molecular complexity index is 3380. The molecule has 3 aliphatic heterocycles. The van der Waals surface area contributed by atoms with Crippen LogP contribution in [0.25, 0.3) is 43.2 Å². The highest BCUT2D eigenvalue weighted by Gasteiger charge is 2.44. The number of aliphatic hydroxyl groups is 1. The summed E-state index contributed by atoms with van der Waals surface area (Å²) in [6, 6.07) is 20.6. The van der Waals surface area contributed by atoms with E-state index in [1.807, 2.05) is 93.6 Å². The van der Waals surface area contributed by atoms with E-state index >= 15 is 4.39 Å². The van der Waals surface area contributed by atoms with Gasteiger partial charge in [-0.3, -0.25) is 19.3 Å². The Kier molecular flexibility index (Phi) is 16.5. The van der Waals surface area contributed by atoms with Gasteiger partial charge in [0.2, 0.25) is 17.7 Å². The van der Waals surface area contributed by atoms with Gasteiger partial charge in [-0.25, -0.2) is 9.37 Å². The molecule has 17 nitrogen and oxygen atoms in total. The molecule has 3 N–H and O–H groups in total. The molecular formula is C59H65ClFN9O8S. The number of aromatic hydroxyl groups is 1. The molecule has 5 atom stereocenters. The largest absolute Gasteiger partial charge is 0.508 e. The third-order valence-corrected chi connectivity index (χ3v) is 16.7. The zero-order valence-electron chi connectivity index (χ0n) is 44.9. The van der Waals surface area contributed by atoms with Crippen LogP contribution in [0.3, 0.4) is 0 Å². The van der Waals surface area contributed by atoms with Crippen LogP contribution < -0.4 is 19.7 Å². The van der Waals surface area contributed by atoms with E-state index in [1.54, 1.807) is 34.4 Å². The van der Waals surface area contributed by atoms with Crippen LogP contribution in [0.2, 0.25) is 5.02 Å². The maximum Gasteiger partial charge on any atom is 0.319 e. The van der Waals surface area contributed by atoms with Crippen molar-refractivity contribution in [1.82, 2.24) is 40.1 Å². The quantitative estimate of drug-likeness (QED) is 0.0729. The molecule has 0 radical (unpaired) electrons. The number of piperidine rings is 1. The number of aliphatic hydroxyl groups excluding tert-OH is 1. The molecule has 0 spiro atoms. The van der Waals surface area contributed by atoms with E-state index in [1.165, 1.54) is 17.0 Å². The lowest BCUT2D eigenvalue weighted by Gasteiger charge is -2.35. The number of hydrogen-bond acceptors (Lipinski definition) is 15. The maximum absolute atomic E-state index is 17.2. The highest BCUT2D eigenvalue weighted by atomic mass is 35.5. The van der Waals surface area contributed by atoms with Gasteiger partial charge in [-0.05, 0) is 115 Å². The van der Waals surface area contributed by atoms with E-state index in [4.69, 9.17) is 30.6 Å². The summed E-state index contributed by atoms with van der Waals surface area (Å²) in [6.45, 7) is 17.4. The second-order valence-electron chi connectivity index (χ2n) is 21.3. The van der Waals surface area contributed by atoms with E-state index in [-0.39, 0.29) is 82.3 Å². The second kappa shape index (κ2) is 23.6. The fourth-order valence-corrected chi connectivity index (χ4v) is 12.3. The molecule has 3 aliphatic rings. The number of halogens is 2. The van der Waals surface area contributed by atoms with Crippen LogP contribution in [-0.2, 0) is 14.4 Å². The summed E-state index contributed by atoms with van der Waals surface area (Å²) in [5.41, 5.74) is 5.28. The summed E-state index contributed by atoms with van der Waals surface area (Å²) in [5.74, 6) is -1.29. The van der Waals surface area contributed by atoms with E-state index in [2.05, 4.69) is 31.9 Å². The standard InChI is InChI=1S/C59H65ClFN9O8S/c1-7-50(73)68-20-22-69(23-21-68)56-45-27-46(60)52(44-25-41(71)24-40-10-8-9-11-43(40)44)53(61)54(45)64-59(65-56)77-34(4)29-67-18-16-37(17-19-67)31-76-49-28-48(78-66-49)51(33(2)3)58(75)70-30-42(72)26-47(70)57(74)63-35(5)38-12-14-39(15-13-38)55-36(6)62-32-79-55/h7-15,24-25,27-28,32-35,37,42,47,51,71-72H,1,16-23,26,29-31H2,2-6H3,(H,63,74)/t34-,35+,42-,47+,51-/m1/s1. The summed E-state index contributed by atoms with van der Waals surface area (Å²) in [4.78, 5) is 63.0. The van der Waals surface area contributed by atoms with Crippen molar-refractivity contribution in [2.75, 3.05) is 63.9 Å². The number of nitrogens with one attached hydrogen (secondary N) is 1. The van der Waals surface area contributed by atoms with Crippen molar-refractivity contribution in [3.8, 4) is 39.2 Å². The molecule has 4 aromatic carbocycles. The summed E-state index contributed by atoms with van der Waals surface area (Å²) in [7, 11) is 0. The number of amides is 3. The number of aryl methyl sites for hydroxylation is 1. The minimum atomic E-state index is -0.865. The van der Waals surface area contributed by atoms with Gasteiger partial charge in [0.15, 0.2) is 11.6 Å². The molecule has 3 fully saturated rings. The molecule has 7 aromatic rings. The van der Waals surface area contributed by atoms with Gasteiger partial charge in [-0.15, -0.1) is 11.3 Å². The lowest BCUT2D eigenvalue weighted by Crippen LogP contribution is -2.48. The number of phenols is 1. The number of fused-ring (bicyclic) bond motifs is 2. The number of likely N-dealkylation sites (tertiary alicyclic amines) is 2. The van der Waals surface area contributed by atoms with Crippen LogP contribution in [0.4, 0.5) is 10.2 Å². The predicted molar refractivity (Wildman–Crippen MR) is 302 cm³/mol. The topological polar surface area (TPSA) is 200 Å². The number of phenolic OH excluding ortho intramolecular Hbond substituents is 1. The fourth-order valence-electron chi connectivity index (χ4n) is 11.2. The number of anilines is 1. The van der Waals surface area contributed by atoms with Crippen molar-refractivity contribution < 1.29 is 43.0 Å². The number of ether oxygens (including phenoxy) is 2. The number of aromatic nitrogens is 4. The minimum absolute atomic E-state index is 0.00147. The number of thiazole rings is 1. The Morgan fingerprint density at radius 2 is 1.72 bits per heavy atom. The number of hydrogen-bond donors (Lipinski definition) is 3. The van der Waals surface area contributed by atoms with Crippen molar-refractivity contribution in [2.45, 2.75) is 84.1 Å². The van der Waals surface area contributed by atoms with Crippen molar-refractivity contribution in [1.29, 1.82) is 0 Å². The van der Waals surface area contributed by atoms with Crippen molar-refractivity contribution >= 4 is 68.2 Å². The van der Waals surface area contributed by atoms with Gasteiger partial charge in [0.05, 0.1) is 39.9 Å². The first-order valence-corrected chi connectivity index (χ1v) is 28.1. The monoisotopic (exact) mass is 1110 g/mol. The Balaban J connectivity index is 0.759. The smallest absolute Gasteiger partial charge is 0.319 e. The molecule has 0 bridgehead atoms. The first-order chi connectivity index (χ1) is 38.0. The van der Waals surface area contributed by atoms with E-state index in [0.717, 1.165) is 53.0 Å². The summed E-state index contributed by atoms with van der Waals surface area (Å²) in [5, 5.41) is 30.7. The molecule has 3 amide bonds. The third kappa shape index (κ3) is 11.9. The van der Waals surface area contributed by atoms with Gasteiger partial charge >= 0.3 is 6.01 Å². The second-order valence-corrected chi connectivity index (χ2v) is 22.6. The van der Waals surface area contributed by atoms with Gasteiger partial charge in [0, 0.05) is 62.7 Å². The summed E-state index contributed by atoms with van der Waals surface area (Å²) in [6.07, 6.45) is 1.82. The summed E-state index contributed by atoms with van der Waals surface area (Å²) >= 11 is 8.53. The van der Waals surface area contributed by atoms with Crippen molar-refractivity contribution in [3.63, 3.8) is 0 Å². The molecule has 20 heteroatoms. The number of piperazine rings is 1.